The van der Waals surface area contributed by atoms with Crippen molar-refractivity contribution in [2.24, 2.45) is 0 Å². The van der Waals surface area contributed by atoms with E-state index in [1.54, 1.807) is 54.2 Å². The molecule has 0 radical (unpaired) electrons. The number of amides is 2. The van der Waals surface area contributed by atoms with Gasteiger partial charge in [0.25, 0.3) is 11.8 Å². The van der Waals surface area contributed by atoms with Gasteiger partial charge in [-0.15, -0.1) is 5.59 Å². The Morgan fingerprint density at radius 2 is 1.93 bits per heavy atom. The third-order valence-corrected chi connectivity index (χ3v) is 4.51. The average Bonchev–Trinajstić information content (AvgIpc) is 3.18. The number of aryl methyl sites for hydroxylation is 1. The summed E-state index contributed by atoms with van der Waals surface area (Å²) in [6.07, 6.45) is 3.26. The second-order valence-corrected chi connectivity index (χ2v) is 6.78. The standard InChI is InChI=1S/C19H17Cl2N5O3/c1-11-9-12(20)10-13(18(27)24-25-29-2)16(11)23-19(28)15-6-4-8-26(15)17-14(21)5-3-7-22-17/h3-10,25H,1-2H3,(H,23,28)(H,24,27). The minimum atomic E-state index is -0.532. The van der Waals surface area contributed by atoms with Crippen molar-refractivity contribution >= 4 is 40.7 Å². The molecule has 1 aromatic carbocycles. The molecule has 0 spiro atoms. The van der Waals surface area contributed by atoms with Crippen LogP contribution in [0.4, 0.5) is 5.69 Å². The van der Waals surface area contributed by atoms with Gasteiger partial charge in [-0.25, -0.2) is 4.98 Å². The van der Waals surface area contributed by atoms with E-state index >= 15 is 0 Å². The first-order chi connectivity index (χ1) is 13.9. The third-order valence-electron chi connectivity index (χ3n) is 4.00. The summed E-state index contributed by atoms with van der Waals surface area (Å²) < 4.78 is 1.56. The van der Waals surface area contributed by atoms with Crippen LogP contribution in [0.3, 0.4) is 0 Å². The van der Waals surface area contributed by atoms with Gasteiger partial charge in [0.1, 0.15) is 5.69 Å². The van der Waals surface area contributed by atoms with E-state index in [-0.39, 0.29) is 5.56 Å². The summed E-state index contributed by atoms with van der Waals surface area (Å²) in [5.74, 6) is -0.564. The smallest absolute Gasteiger partial charge is 0.272 e. The van der Waals surface area contributed by atoms with Crippen molar-refractivity contribution in [3.05, 3.63) is 75.7 Å². The van der Waals surface area contributed by atoms with Crippen LogP contribution >= 0.6 is 23.2 Å². The molecule has 8 nitrogen and oxygen atoms in total. The number of halogens is 2. The van der Waals surface area contributed by atoms with Gasteiger partial charge in [0.05, 0.1) is 23.4 Å². The molecule has 3 aromatic rings. The molecule has 0 aliphatic heterocycles. The summed E-state index contributed by atoms with van der Waals surface area (Å²) >= 11 is 12.3. The predicted molar refractivity (Wildman–Crippen MR) is 110 cm³/mol. The van der Waals surface area contributed by atoms with Crippen molar-refractivity contribution < 1.29 is 14.4 Å². The number of nitrogens with one attached hydrogen (secondary N) is 3. The number of benzene rings is 1. The number of hydrogen-bond acceptors (Lipinski definition) is 5. The fraction of sp³-hybridized carbons (Fsp3) is 0.105. The lowest BCUT2D eigenvalue weighted by atomic mass is 10.1. The fourth-order valence-electron chi connectivity index (χ4n) is 2.74. The Morgan fingerprint density at radius 1 is 1.14 bits per heavy atom. The maximum atomic E-state index is 13.0. The lowest BCUT2D eigenvalue weighted by Gasteiger charge is -2.16. The van der Waals surface area contributed by atoms with E-state index < -0.39 is 11.8 Å². The Kier molecular flexibility index (Phi) is 6.50. The van der Waals surface area contributed by atoms with Gasteiger partial charge in [-0.2, -0.15) is 0 Å². The number of hydrazine groups is 1. The zero-order valence-electron chi connectivity index (χ0n) is 15.5. The van der Waals surface area contributed by atoms with Gasteiger partial charge in [0.15, 0.2) is 5.82 Å². The first kappa shape index (κ1) is 20.8. The van der Waals surface area contributed by atoms with Crippen molar-refractivity contribution in [1.82, 2.24) is 20.6 Å². The zero-order valence-corrected chi connectivity index (χ0v) is 17.0. The summed E-state index contributed by atoms with van der Waals surface area (Å²) in [5, 5.41) is 3.52. The van der Waals surface area contributed by atoms with E-state index in [1.807, 2.05) is 0 Å². The molecule has 0 aliphatic carbocycles. The molecule has 0 saturated heterocycles. The number of hydrogen-bond donors (Lipinski definition) is 3. The normalized spacial score (nSPS) is 10.6. The van der Waals surface area contributed by atoms with Gasteiger partial charge in [-0.05, 0) is 48.9 Å². The molecule has 3 N–H and O–H groups in total. The maximum absolute atomic E-state index is 13.0. The largest absolute Gasteiger partial charge is 0.320 e. The average molecular weight is 434 g/mol. The molecule has 150 valence electrons. The second-order valence-electron chi connectivity index (χ2n) is 5.93. The van der Waals surface area contributed by atoms with Crippen molar-refractivity contribution in [1.29, 1.82) is 0 Å². The zero-order chi connectivity index (χ0) is 21.0. The number of carbonyl (C=O) groups excluding carboxylic acids is 2. The van der Waals surface area contributed by atoms with Crippen LogP contribution in [0.1, 0.15) is 26.4 Å². The summed E-state index contributed by atoms with van der Waals surface area (Å²) in [4.78, 5) is 34.3. The highest BCUT2D eigenvalue weighted by Gasteiger charge is 2.20. The Bertz CT molecular complexity index is 1070. The van der Waals surface area contributed by atoms with Gasteiger partial charge in [-0.1, -0.05) is 23.2 Å². The number of pyridine rings is 1. The molecule has 2 aromatic heterocycles. The minimum absolute atomic E-state index is 0.168. The van der Waals surface area contributed by atoms with E-state index in [4.69, 9.17) is 23.2 Å². The van der Waals surface area contributed by atoms with Crippen molar-refractivity contribution in [3.8, 4) is 5.82 Å². The fourth-order valence-corrected chi connectivity index (χ4v) is 3.22. The highest BCUT2D eigenvalue weighted by Crippen LogP contribution is 2.27. The van der Waals surface area contributed by atoms with Gasteiger partial charge in [0, 0.05) is 17.4 Å². The monoisotopic (exact) mass is 433 g/mol. The first-order valence-corrected chi connectivity index (χ1v) is 9.16. The van der Waals surface area contributed by atoms with Crippen molar-refractivity contribution in [3.63, 3.8) is 0 Å². The topological polar surface area (TPSA) is 97.3 Å². The summed E-state index contributed by atoms with van der Waals surface area (Å²) in [5.41, 5.74) is 5.98. The quantitative estimate of drug-likeness (QED) is 0.516. The second kappa shape index (κ2) is 9.06. The van der Waals surface area contributed by atoms with E-state index in [0.717, 1.165) is 0 Å². The Morgan fingerprint density at radius 3 is 2.66 bits per heavy atom. The van der Waals surface area contributed by atoms with Gasteiger partial charge < -0.3 is 5.32 Å². The Labute approximate surface area is 176 Å². The van der Waals surface area contributed by atoms with Crippen LogP contribution < -0.4 is 16.3 Å². The molecule has 0 fully saturated rings. The highest BCUT2D eigenvalue weighted by atomic mass is 35.5. The molecule has 0 bridgehead atoms. The van der Waals surface area contributed by atoms with Crippen LogP contribution in [-0.4, -0.2) is 28.5 Å². The van der Waals surface area contributed by atoms with E-state index in [0.29, 0.717) is 32.8 Å². The predicted octanol–water partition coefficient (Wildman–Crippen LogP) is 3.54. The summed E-state index contributed by atoms with van der Waals surface area (Å²) in [7, 11) is 1.35. The molecule has 0 saturated carbocycles. The van der Waals surface area contributed by atoms with Gasteiger partial charge in [0.2, 0.25) is 0 Å². The molecule has 0 atom stereocenters. The van der Waals surface area contributed by atoms with Crippen LogP contribution in [0, 0.1) is 6.92 Å². The molecule has 2 amide bonds. The van der Waals surface area contributed by atoms with Crippen molar-refractivity contribution in [2.75, 3.05) is 12.4 Å². The van der Waals surface area contributed by atoms with E-state index in [9.17, 15) is 9.59 Å². The summed E-state index contributed by atoms with van der Waals surface area (Å²) in [6, 6.07) is 9.80. The number of rotatable bonds is 6. The Balaban J connectivity index is 1.96. The summed E-state index contributed by atoms with van der Waals surface area (Å²) in [6.45, 7) is 1.73. The van der Waals surface area contributed by atoms with E-state index in [2.05, 4.69) is 26.2 Å². The third kappa shape index (κ3) is 4.57. The van der Waals surface area contributed by atoms with Crippen LogP contribution in [0.15, 0.2) is 48.8 Å². The SMILES string of the molecule is CONNC(=O)c1cc(Cl)cc(C)c1NC(=O)c1cccn1-c1ncccc1Cl. The minimum Gasteiger partial charge on any atom is -0.320 e. The Hall–Kier alpha value is -2.91. The van der Waals surface area contributed by atoms with Gasteiger partial charge in [-0.3, -0.25) is 24.4 Å². The van der Waals surface area contributed by atoms with Crippen LogP contribution in [-0.2, 0) is 4.84 Å². The molecule has 29 heavy (non-hydrogen) atoms. The molecule has 0 aliphatic rings. The highest BCUT2D eigenvalue weighted by molar-refractivity contribution is 6.32. The maximum Gasteiger partial charge on any atom is 0.272 e. The van der Waals surface area contributed by atoms with E-state index in [1.165, 1.54) is 13.2 Å². The first-order valence-electron chi connectivity index (χ1n) is 8.40. The number of carbonyl (C=O) groups is 2. The molecule has 2 heterocycles. The number of anilines is 1. The lowest BCUT2D eigenvalue weighted by molar-refractivity contribution is 0.0459. The lowest BCUT2D eigenvalue weighted by Crippen LogP contribution is -2.37. The van der Waals surface area contributed by atoms with Crippen LogP contribution in [0.25, 0.3) is 5.82 Å². The molecule has 3 rings (SSSR count). The number of aromatic nitrogens is 2. The number of nitrogens with zero attached hydrogens (tertiary/aromatic N) is 2. The molecule has 10 heteroatoms. The molecule has 0 unspecified atom stereocenters. The van der Waals surface area contributed by atoms with Crippen LogP contribution in [0.2, 0.25) is 10.0 Å². The molecular weight excluding hydrogens is 417 g/mol. The molecular formula is C19H17Cl2N5O3. The van der Waals surface area contributed by atoms with Crippen LogP contribution in [0.5, 0.6) is 0 Å². The van der Waals surface area contributed by atoms with Crippen molar-refractivity contribution in [2.45, 2.75) is 6.92 Å². The van der Waals surface area contributed by atoms with Gasteiger partial charge >= 0.3 is 0 Å².